The van der Waals surface area contributed by atoms with Crippen molar-refractivity contribution in [3.63, 3.8) is 0 Å². The van der Waals surface area contributed by atoms with Crippen molar-refractivity contribution in [2.75, 3.05) is 19.8 Å². The van der Waals surface area contributed by atoms with Gasteiger partial charge in [0.25, 0.3) is 0 Å². The Morgan fingerprint density at radius 3 is 3.25 bits per heavy atom. The molecule has 0 amide bonds. The minimum absolute atomic E-state index is 0.0333. The number of nitrogens with one attached hydrogen (secondary N) is 1. The molecule has 0 aromatic carbocycles. The maximum absolute atomic E-state index is 12.2. The lowest BCUT2D eigenvalue weighted by atomic mass is 10.1. The number of morpholine rings is 1. The molecule has 1 aromatic rings. The number of ketones is 1. The minimum atomic E-state index is -0.257. The van der Waals surface area contributed by atoms with Gasteiger partial charge in [0, 0.05) is 13.1 Å². The standard InChI is InChI=1S/C10H14BrN3O2/c1-2-14-9(7(11)5-13-14)10(15)8-6-16-4-3-12-8/h5,8,12H,2-4,6H2,1H3. The number of nitrogens with zero attached hydrogens (tertiary/aromatic N) is 2. The Morgan fingerprint density at radius 2 is 2.62 bits per heavy atom. The first-order valence-corrected chi connectivity index (χ1v) is 6.10. The molecule has 1 aliphatic rings. The molecule has 1 fully saturated rings. The highest BCUT2D eigenvalue weighted by molar-refractivity contribution is 9.10. The molecule has 1 aromatic heterocycles. The third-order valence-electron chi connectivity index (χ3n) is 2.57. The van der Waals surface area contributed by atoms with Crippen LogP contribution in [0, 0.1) is 0 Å². The maximum atomic E-state index is 12.2. The normalized spacial score (nSPS) is 21.0. The van der Waals surface area contributed by atoms with Gasteiger partial charge in [0.05, 0.1) is 29.9 Å². The van der Waals surface area contributed by atoms with Crippen LogP contribution in [0.4, 0.5) is 0 Å². The Kier molecular flexibility index (Phi) is 3.73. The average Bonchev–Trinajstić information content (AvgIpc) is 2.70. The Bertz CT molecular complexity index is 385. The Morgan fingerprint density at radius 1 is 1.81 bits per heavy atom. The van der Waals surface area contributed by atoms with E-state index >= 15 is 0 Å². The van der Waals surface area contributed by atoms with Crippen LogP contribution in [0.15, 0.2) is 10.7 Å². The fourth-order valence-electron chi connectivity index (χ4n) is 1.75. The van der Waals surface area contributed by atoms with Crippen molar-refractivity contribution in [2.45, 2.75) is 19.5 Å². The molecule has 0 bridgehead atoms. The molecule has 1 unspecified atom stereocenters. The van der Waals surface area contributed by atoms with E-state index < -0.39 is 0 Å². The van der Waals surface area contributed by atoms with Gasteiger partial charge >= 0.3 is 0 Å². The second kappa shape index (κ2) is 5.07. The largest absolute Gasteiger partial charge is 0.378 e. The number of aromatic nitrogens is 2. The average molecular weight is 288 g/mol. The molecule has 2 heterocycles. The molecule has 0 aliphatic carbocycles. The van der Waals surface area contributed by atoms with Crippen molar-refractivity contribution in [1.29, 1.82) is 0 Å². The lowest BCUT2D eigenvalue weighted by molar-refractivity contribution is 0.0599. The SMILES string of the molecule is CCn1ncc(Br)c1C(=O)C1COCCN1. The van der Waals surface area contributed by atoms with Crippen LogP contribution in [0.5, 0.6) is 0 Å². The van der Waals surface area contributed by atoms with Crippen molar-refractivity contribution >= 4 is 21.7 Å². The number of hydrogen-bond donors (Lipinski definition) is 1. The van der Waals surface area contributed by atoms with E-state index in [2.05, 4.69) is 26.3 Å². The first-order chi connectivity index (χ1) is 7.74. The molecule has 1 atom stereocenters. The predicted molar refractivity (Wildman–Crippen MR) is 62.5 cm³/mol. The van der Waals surface area contributed by atoms with Crippen LogP contribution < -0.4 is 5.32 Å². The molecule has 1 aliphatic heterocycles. The number of hydrogen-bond acceptors (Lipinski definition) is 4. The molecule has 0 radical (unpaired) electrons. The number of rotatable bonds is 3. The van der Waals surface area contributed by atoms with Crippen LogP contribution in [0.3, 0.4) is 0 Å². The molecule has 1 N–H and O–H groups in total. The number of aryl methyl sites for hydroxylation is 1. The molecule has 6 heteroatoms. The molecule has 0 saturated carbocycles. The van der Waals surface area contributed by atoms with Crippen LogP contribution in [0.1, 0.15) is 17.4 Å². The third kappa shape index (κ3) is 2.18. The molecule has 5 nitrogen and oxygen atoms in total. The molecule has 0 spiro atoms. The zero-order chi connectivity index (χ0) is 11.5. The van der Waals surface area contributed by atoms with Crippen molar-refractivity contribution in [1.82, 2.24) is 15.1 Å². The van der Waals surface area contributed by atoms with Gasteiger partial charge in [-0.3, -0.25) is 9.48 Å². The van der Waals surface area contributed by atoms with Gasteiger partial charge in [-0.2, -0.15) is 5.10 Å². The lowest BCUT2D eigenvalue weighted by Crippen LogP contribution is -2.47. The fourth-order valence-corrected chi connectivity index (χ4v) is 2.24. The Hall–Kier alpha value is -0.720. The number of ether oxygens (including phenoxy) is 1. The van der Waals surface area contributed by atoms with Gasteiger partial charge in [0.2, 0.25) is 5.78 Å². The van der Waals surface area contributed by atoms with Gasteiger partial charge in [-0.25, -0.2) is 0 Å². The van der Waals surface area contributed by atoms with Crippen molar-refractivity contribution in [3.05, 3.63) is 16.4 Å². The van der Waals surface area contributed by atoms with Gasteiger partial charge < -0.3 is 10.1 Å². The van der Waals surface area contributed by atoms with E-state index in [1.54, 1.807) is 10.9 Å². The van der Waals surface area contributed by atoms with E-state index in [1.165, 1.54) is 0 Å². The van der Waals surface area contributed by atoms with Crippen LogP contribution in [-0.2, 0) is 11.3 Å². The van der Waals surface area contributed by atoms with E-state index in [1.807, 2.05) is 6.92 Å². The zero-order valence-electron chi connectivity index (χ0n) is 9.07. The summed E-state index contributed by atoms with van der Waals surface area (Å²) in [7, 11) is 0. The van der Waals surface area contributed by atoms with E-state index in [4.69, 9.17) is 4.74 Å². The molecule has 88 valence electrons. The summed E-state index contributed by atoms with van der Waals surface area (Å²) in [6.07, 6.45) is 1.65. The van der Waals surface area contributed by atoms with Gasteiger partial charge in [-0.1, -0.05) is 0 Å². The topological polar surface area (TPSA) is 56.2 Å². The van der Waals surface area contributed by atoms with E-state index in [0.717, 1.165) is 4.47 Å². The third-order valence-corrected chi connectivity index (χ3v) is 3.15. The Labute approximate surface area is 102 Å². The Balaban J connectivity index is 2.21. The minimum Gasteiger partial charge on any atom is -0.378 e. The molecule has 2 rings (SSSR count). The van der Waals surface area contributed by atoms with E-state index in [-0.39, 0.29) is 11.8 Å². The van der Waals surface area contributed by atoms with Crippen molar-refractivity contribution in [2.24, 2.45) is 0 Å². The summed E-state index contributed by atoms with van der Waals surface area (Å²) in [6.45, 7) is 4.45. The highest BCUT2D eigenvalue weighted by Gasteiger charge is 2.27. The number of Topliss-reactive ketones (excluding diaryl/α,β-unsaturated/α-hetero) is 1. The van der Waals surface area contributed by atoms with Crippen LogP contribution in [0.2, 0.25) is 0 Å². The number of carbonyl (C=O) groups excluding carboxylic acids is 1. The summed E-state index contributed by atoms with van der Waals surface area (Å²) in [5.74, 6) is 0.0333. The predicted octanol–water partition coefficient (Wildman–Crippen LogP) is 0.837. The summed E-state index contributed by atoms with van der Waals surface area (Å²) < 4.78 is 7.73. The quantitative estimate of drug-likeness (QED) is 0.837. The van der Waals surface area contributed by atoms with E-state index in [9.17, 15) is 4.79 Å². The second-order valence-corrected chi connectivity index (χ2v) is 4.46. The van der Waals surface area contributed by atoms with Gasteiger partial charge in [-0.15, -0.1) is 0 Å². The highest BCUT2D eigenvalue weighted by atomic mass is 79.9. The highest BCUT2D eigenvalue weighted by Crippen LogP contribution is 2.18. The summed E-state index contributed by atoms with van der Waals surface area (Å²) in [5.41, 5.74) is 0.616. The van der Waals surface area contributed by atoms with E-state index in [0.29, 0.717) is 32.0 Å². The fraction of sp³-hybridized carbons (Fsp3) is 0.600. The molecular formula is C10H14BrN3O2. The molecule has 16 heavy (non-hydrogen) atoms. The first-order valence-electron chi connectivity index (χ1n) is 5.30. The number of carbonyl (C=O) groups is 1. The molecule has 1 saturated heterocycles. The summed E-state index contributed by atoms with van der Waals surface area (Å²) in [6, 6.07) is -0.257. The van der Waals surface area contributed by atoms with Gasteiger partial charge in [0.15, 0.2) is 0 Å². The zero-order valence-corrected chi connectivity index (χ0v) is 10.7. The summed E-state index contributed by atoms with van der Waals surface area (Å²) in [4.78, 5) is 12.2. The maximum Gasteiger partial charge on any atom is 0.201 e. The van der Waals surface area contributed by atoms with Crippen molar-refractivity contribution < 1.29 is 9.53 Å². The first kappa shape index (κ1) is 11.8. The summed E-state index contributed by atoms with van der Waals surface area (Å²) in [5, 5.41) is 7.28. The van der Waals surface area contributed by atoms with Crippen LogP contribution in [0.25, 0.3) is 0 Å². The summed E-state index contributed by atoms with van der Waals surface area (Å²) >= 11 is 3.35. The van der Waals surface area contributed by atoms with Gasteiger partial charge in [-0.05, 0) is 22.9 Å². The number of halogens is 1. The lowest BCUT2D eigenvalue weighted by Gasteiger charge is -2.22. The smallest absolute Gasteiger partial charge is 0.201 e. The monoisotopic (exact) mass is 287 g/mol. The second-order valence-electron chi connectivity index (χ2n) is 3.60. The van der Waals surface area contributed by atoms with Crippen LogP contribution >= 0.6 is 15.9 Å². The van der Waals surface area contributed by atoms with Gasteiger partial charge in [0.1, 0.15) is 5.69 Å². The molecular weight excluding hydrogens is 274 g/mol. The van der Waals surface area contributed by atoms with Crippen LogP contribution in [-0.4, -0.2) is 41.4 Å². The van der Waals surface area contributed by atoms with Crippen molar-refractivity contribution in [3.8, 4) is 0 Å².